The van der Waals surface area contributed by atoms with Gasteiger partial charge in [0.25, 0.3) is 0 Å². The lowest BCUT2D eigenvalue weighted by molar-refractivity contribution is -0.158. The molecule has 7 heteroatoms. The predicted molar refractivity (Wildman–Crippen MR) is 85.6 cm³/mol. The Bertz CT molecular complexity index is 649. The molecule has 4 N–H and O–H groups in total. The number of aliphatic hydroxyl groups is 1. The molecule has 0 unspecified atom stereocenters. The summed E-state index contributed by atoms with van der Waals surface area (Å²) in [5, 5.41) is 13.1. The lowest BCUT2D eigenvalue weighted by Crippen LogP contribution is -2.75. The van der Waals surface area contributed by atoms with Gasteiger partial charge in [0, 0.05) is 18.4 Å². The standard InChI is InChI=1S/C16H21ClN2O4/c1-15(2)12(20)7-16(15,18)14(21)19-8-9-5-10(17)13-11(6-9)22-3-4-23-13/h5-6,12,20H,3-4,7-8,18H2,1-2H3,(H,19,21)/t12-,16-/m0/s1. The van der Waals surface area contributed by atoms with Crippen molar-refractivity contribution in [3.63, 3.8) is 0 Å². The molecule has 1 heterocycles. The van der Waals surface area contributed by atoms with Crippen molar-refractivity contribution in [3.8, 4) is 11.5 Å². The van der Waals surface area contributed by atoms with Crippen LogP contribution in [0, 0.1) is 5.41 Å². The van der Waals surface area contributed by atoms with Crippen molar-refractivity contribution < 1.29 is 19.4 Å². The number of amides is 1. The van der Waals surface area contributed by atoms with Crippen molar-refractivity contribution in [2.75, 3.05) is 13.2 Å². The monoisotopic (exact) mass is 340 g/mol. The lowest BCUT2D eigenvalue weighted by atomic mass is 9.54. The van der Waals surface area contributed by atoms with E-state index in [0.29, 0.717) is 29.7 Å². The van der Waals surface area contributed by atoms with Crippen LogP contribution in [0.15, 0.2) is 12.1 Å². The van der Waals surface area contributed by atoms with Crippen molar-refractivity contribution in [3.05, 3.63) is 22.7 Å². The van der Waals surface area contributed by atoms with Gasteiger partial charge in [-0.1, -0.05) is 25.4 Å². The van der Waals surface area contributed by atoms with Crippen LogP contribution in [-0.2, 0) is 11.3 Å². The molecule has 126 valence electrons. The third kappa shape index (κ3) is 2.55. The fourth-order valence-corrected chi connectivity index (χ4v) is 3.27. The van der Waals surface area contributed by atoms with Gasteiger partial charge in [0.05, 0.1) is 11.1 Å². The molecule has 2 aliphatic rings. The topological polar surface area (TPSA) is 93.8 Å². The van der Waals surface area contributed by atoms with Crippen LogP contribution in [0.3, 0.4) is 0 Å². The average Bonchev–Trinajstić information content (AvgIpc) is 2.52. The van der Waals surface area contributed by atoms with Gasteiger partial charge in [-0.05, 0) is 17.7 Å². The third-order valence-corrected chi connectivity index (χ3v) is 5.29. The van der Waals surface area contributed by atoms with Gasteiger partial charge >= 0.3 is 0 Å². The highest BCUT2D eigenvalue weighted by Gasteiger charge is 2.61. The highest BCUT2D eigenvalue weighted by Crippen LogP contribution is 2.48. The molecule has 0 radical (unpaired) electrons. The van der Waals surface area contributed by atoms with Crippen LogP contribution in [0.4, 0.5) is 0 Å². The Labute approximate surface area is 139 Å². The van der Waals surface area contributed by atoms with Gasteiger partial charge in [-0.25, -0.2) is 0 Å². The van der Waals surface area contributed by atoms with Gasteiger partial charge in [-0.15, -0.1) is 0 Å². The maximum absolute atomic E-state index is 12.4. The molecule has 0 saturated heterocycles. The number of nitrogens with two attached hydrogens (primary N) is 1. The van der Waals surface area contributed by atoms with E-state index in [-0.39, 0.29) is 18.9 Å². The molecule has 3 rings (SSSR count). The van der Waals surface area contributed by atoms with E-state index in [0.717, 1.165) is 5.56 Å². The molecule has 1 amide bonds. The highest BCUT2D eigenvalue weighted by atomic mass is 35.5. The number of carbonyl (C=O) groups is 1. The van der Waals surface area contributed by atoms with Crippen LogP contribution >= 0.6 is 11.6 Å². The Morgan fingerprint density at radius 2 is 2.13 bits per heavy atom. The van der Waals surface area contributed by atoms with E-state index in [2.05, 4.69) is 5.32 Å². The van der Waals surface area contributed by atoms with Gasteiger partial charge in [-0.3, -0.25) is 4.79 Å². The zero-order chi connectivity index (χ0) is 16.8. The molecule has 1 aromatic carbocycles. The van der Waals surface area contributed by atoms with Crippen LogP contribution in [0.2, 0.25) is 5.02 Å². The lowest BCUT2D eigenvalue weighted by Gasteiger charge is -2.55. The molecule has 1 fully saturated rings. The maximum Gasteiger partial charge on any atom is 0.241 e. The van der Waals surface area contributed by atoms with Crippen molar-refractivity contribution in [2.24, 2.45) is 11.1 Å². The quantitative estimate of drug-likeness (QED) is 0.769. The Hall–Kier alpha value is -1.50. The van der Waals surface area contributed by atoms with E-state index in [1.807, 2.05) is 0 Å². The molecule has 1 aliphatic carbocycles. The summed E-state index contributed by atoms with van der Waals surface area (Å²) >= 11 is 6.18. The SMILES string of the molecule is CC1(C)[C@@H](O)C[C@]1(N)C(=O)NCc1cc(Cl)c2c(c1)OCCO2. The Balaban J connectivity index is 1.69. The second kappa shape index (κ2) is 5.54. The number of fused-ring (bicyclic) bond motifs is 1. The number of carbonyl (C=O) groups excluding carboxylic acids is 1. The molecule has 1 aliphatic heterocycles. The number of ether oxygens (including phenoxy) is 2. The first-order valence-corrected chi connectivity index (χ1v) is 7.97. The zero-order valence-corrected chi connectivity index (χ0v) is 13.9. The molecular weight excluding hydrogens is 320 g/mol. The second-order valence-corrected chi connectivity index (χ2v) is 7.10. The van der Waals surface area contributed by atoms with Gasteiger partial charge in [-0.2, -0.15) is 0 Å². The summed E-state index contributed by atoms with van der Waals surface area (Å²) in [5.41, 5.74) is 5.26. The summed E-state index contributed by atoms with van der Waals surface area (Å²) < 4.78 is 11.0. The number of halogens is 1. The summed E-state index contributed by atoms with van der Waals surface area (Å²) in [4.78, 5) is 12.4. The van der Waals surface area contributed by atoms with E-state index >= 15 is 0 Å². The molecule has 0 aromatic heterocycles. The zero-order valence-electron chi connectivity index (χ0n) is 13.2. The second-order valence-electron chi connectivity index (χ2n) is 6.70. The van der Waals surface area contributed by atoms with E-state index in [4.69, 9.17) is 26.8 Å². The minimum absolute atomic E-state index is 0.258. The van der Waals surface area contributed by atoms with Gasteiger partial charge in [0.1, 0.15) is 18.8 Å². The molecule has 0 bridgehead atoms. The fraction of sp³-hybridized carbons (Fsp3) is 0.562. The average molecular weight is 341 g/mol. The Morgan fingerprint density at radius 3 is 2.78 bits per heavy atom. The van der Waals surface area contributed by atoms with Crippen molar-refractivity contribution in [2.45, 2.75) is 38.5 Å². The molecule has 0 spiro atoms. The maximum atomic E-state index is 12.4. The number of hydrogen-bond acceptors (Lipinski definition) is 5. The molecule has 1 aromatic rings. The number of rotatable bonds is 3. The number of aliphatic hydroxyl groups excluding tert-OH is 1. The van der Waals surface area contributed by atoms with Crippen LogP contribution in [0.5, 0.6) is 11.5 Å². The smallest absolute Gasteiger partial charge is 0.241 e. The first kappa shape index (κ1) is 16.4. The van der Waals surface area contributed by atoms with E-state index < -0.39 is 17.1 Å². The van der Waals surface area contributed by atoms with Gasteiger partial charge in [0.2, 0.25) is 5.91 Å². The molecule has 23 heavy (non-hydrogen) atoms. The summed E-state index contributed by atoms with van der Waals surface area (Å²) in [7, 11) is 0. The molecule has 6 nitrogen and oxygen atoms in total. The first-order chi connectivity index (χ1) is 10.8. The van der Waals surface area contributed by atoms with Crippen molar-refractivity contribution >= 4 is 17.5 Å². The summed E-state index contributed by atoms with van der Waals surface area (Å²) in [6.07, 6.45) is -0.310. The minimum atomic E-state index is -1.07. The van der Waals surface area contributed by atoms with E-state index in [1.165, 1.54) is 0 Å². The molecule has 2 atom stereocenters. The molecule has 1 saturated carbocycles. The largest absolute Gasteiger partial charge is 0.486 e. The normalized spacial score (nSPS) is 28.0. The van der Waals surface area contributed by atoms with Gasteiger partial charge in [0.15, 0.2) is 11.5 Å². The molecular formula is C16H21ClN2O4. The van der Waals surface area contributed by atoms with Crippen LogP contribution in [0.25, 0.3) is 0 Å². The van der Waals surface area contributed by atoms with Gasteiger partial charge < -0.3 is 25.6 Å². The summed E-state index contributed by atoms with van der Waals surface area (Å²) in [6, 6.07) is 3.53. The minimum Gasteiger partial charge on any atom is -0.486 e. The third-order valence-electron chi connectivity index (χ3n) is 5.01. The summed E-state index contributed by atoms with van der Waals surface area (Å²) in [6.45, 7) is 4.80. The Kier molecular flexibility index (Phi) is 3.94. The van der Waals surface area contributed by atoms with Crippen molar-refractivity contribution in [1.82, 2.24) is 5.32 Å². The first-order valence-electron chi connectivity index (χ1n) is 7.59. The van der Waals surface area contributed by atoms with Crippen LogP contribution in [0.1, 0.15) is 25.8 Å². The highest BCUT2D eigenvalue weighted by molar-refractivity contribution is 6.32. The van der Waals surface area contributed by atoms with Crippen molar-refractivity contribution in [1.29, 1.82) is 0 Å². The number of benzene rings is 1. The predicted octanol–water partition coefficient (Wildman–Crippen LogP) is 1.22. The van der Waals surface area contributed by atoms with Crippen LogP contribution < -0.4 is 20.5 Å². The number of nitrogens with one attached hydrogen (secondary N) is 1. The van der Waals surface area contributed by atoms with Crippen LogP contribution in [-0.4, -0.2) is 35.9 Å². The summed E-state index contributed by atoms with van der Waals surface area (Å²) in [5.74, 6) is 0.834. The van der Waals surface area contributed by atoms with E-state index in [9.17, 15) is 9.90 Å². The fourth-order valence-electron chi connectivity index (χ4n) is 2.98. The Morgan fingerprint density at radius 1 is 1.43 bits per heavy atom. The van der Waals surface area contributed by atoms with E-state index in [1.54, 1.807) is 26.0 Å². The number of hydrogen-bond donors (Lipinski definition) is 3.